The van der Waals surface area contributed by atoms with Gasteiger partial charge in [0.2, 0.25) is 0 Å². The first-order chi connectivity index (χ1) is 10.3. The number of hydrogen-bond acceptors (Lipinski definition) is 3. The quantitative estimate of drug-likeness (QED) is 0.585. The summed E-state index contributed by atoms with van der Waals surface area (Å²) in [5.74, 6) is 0. The molecule has 1 atom stereocenters. The van der Waals surface area contributed by atoms with Crippen molar-refractivity contribution in [3.05, 3.63) is 35.9 Å². The number of halogens is 1. The number of amides is 2. The van der Waals surface area contributed by atoms with Crippen LogP contribution < -0.4 is 0 Å². The molecular formula is C16H21ClN2O3. The van der Waals surface area contributed by atoms with E-state index in [1.54, 1.807) is 9.80 Å². The first-order valence-electron chi connectivity index (χ1n) is 7.27. The minimum Gasteiger partial charge on any atom is -0.444 e. The summed E-state index contributed by atoms with van der Waals surface area (Å²) in [6.07, 6.45) is -0.366. The Labute approximate surface area is 135 Å². The molecule has 2 rings (SSSR count). The highest BCUT2D eigenvalue weighted by atomic mass is 35.5. The summed E-state index contributed by atoms with van der Waals surface area (Å²) in [5.41, 5.74) is 0.406. The van der Waals surface area contributed by atoms with Gasteiger partial charge in [-0.1, -0.05) is 30.3 Å². The van der Waals surface area contributed by atoms with E-state index in [9.17, 15) is 9.59 Å². The number of ether oxygens (including phenoxy) is 1. The number of hydrogen-bond donors (Lipinski definition) is 0. The number of carbonyl (C=O) groups excluding carboxylic acids is 2. The summed E-state index contributed by atoms with van der Waals surface area (Å²) in [6.45, 7) is 6.67. The molecule has 1 aliphatic rings. The third kappa shape index (κ3) is 4.13. The molecule has 1 fully saturated rings. The van der Waals surface area contributed by atoms with Crippen molar-refractivity contribution in [3.8, 4) is 0 Å². The SMILES string of the molecule is CC(C)(C)OC(=O)N1CCN(C(=O)Cl)C(c2ccccc2)C1. The Balaban J connectivity index is 2.17. The van der Waals surface area contributed by atoms with Gasteiger partial charge in [0.1, 0.15) is 5.60 Å². The molecule has 0 saturated carbocycles. The molecule has 0 aromatic heterocycles. The lowest BCUT2D eigenvalue weighted by molar-refractivity contribution is 0.0101. The fourth-order valence-corrected chi connectivity index (χ4v) is 2.65. The van der Waals surface area contributed by atoms with Crippen LogP contribution in [-0.4, -0.2) is 46.5 Å². The van der Waals surface area contributed by atoms with Crippen LogP contribution in [0.1, 0.15) is 32.4 Å². The van der Waals surface area contributed by atoms with Crippen LogP contribution in [0.5, 0.6) is 0 Å². The zero-order valence-electron chi connectivity index (χ0n) is 13.1. The van der Waals surface area contributed by atoms with E-state index in [4.69, 9.17) is 16.3 Å². The summed E-state index contributed by atoms with van der Waals surface area (Å²) >= 11 is 5.69. The number of carbonyl (C=O) groups is 2. The molecule has 1 aliphatic heterocycles. The monoisotopic (exact) mass is 324 g/mol. The molecule has 0 spiro atoms. The first kappa shape index (κ1) is 16.6. The summed E-state index contributed by atoms with van der Waals surface area (Å²) in [5, 5.41) is -0.502. The van der Waals surface area contributed by atoms with Crippen molar-refractivity contribution in [1.29, 1.82) is 0 Å². The van der Waals surface area contributed by atoms with Crippen LogP contribution in [-0.2, 0) is 4.74 Å². The highest BCUT2D eigenvalue weighted by Crippen LogP contribution is 2.27. The summed E-state index contributed by atoms with van der Waals surface area (Å²) in [7, 11) is 0. The second-order valence-corrected chi connectivity index (χ2v) is 6.62. The molecule has 1 saturated heterocycles. The Kier molecular flexibility index (Phi) is 4.96. The van der Waals surface area contributed by atoms with Crippen LogP contribution >= 0.6 is 11.6 Å². The minimum absolute atomic E-state index is 0.257. The molecule has 0 N–H and O–H groups in total. The maximum absolute atomic E-state index is 12.2. The van der Waals surface area contributed by atoms with Crippen molar-refractivity contribution < 1.29 is 14.3 Å². The Morgan fingerprint density at radius 2 is 1.82 bits per heavy atom. The van der Waals surface area contributed by atoms with Crippen molar-refractivity contribution in [3.63, 3.8) is 0 Å². The summed E-state index contributed by atoms with van der Waals surface area (Å²) in [4.78, 5) is 27.1. The normalized spacial score (nSPS) is 19.0. The Hall–Kier alpha value is -1.75. The molecule has 120 valence electrons. The third-order valence-electron chi connectivity index (χ3n) is 3.44. The fraction of sp³-hybridized carbons (Fsp3) is 0.500. The predicted molar refractivity (Wildman–Crippen MR) is 84.9 cm³/mol. The molecule has 1 unspecified atom stereocenters. The second kappa shape index (κ2) is 6.57. The molecule has 0 aliphatic carbocycles. The Morgan fingerprint density at radius 1 is 1.18 bits per heavy atom. The number of rotatable bonds is 1. The van der Waals surface area contributed by atoms with Gasteiger partial charge in [0.15, 0.2) is 0 Å². The maximum atomic E-state index is 12.2. The van der Waals surface area contributed by atoms with Crippen molar-refractivity contribution >= 4 is 23.1 Å². The second-order valence-electron chi connectivity index (χ2n) is 6.30. The van der Waals surface area contributed by atoms with E-state index < -0.39 is 11.0 Å². The van der Waals surface area contributed by atoms with Crippen LogP contribution in [0.3, 0.4) is 0 Å². The molecule has 6 heteroatoms. The van der Waals surface area contributed by atoms with Gasteiger partial charge in [0, 0.05) is 19.6 Å². The molecule has 0 bridgehead atoms. The minimum atomic E-state index is -0.543. The van der Waals surface area contributed by atoms with E-state index in [0.29, 0.717) is 19.6 Å². The zero-order chi connectivity index (χ0) is 16.3. The van der Waals surface area contributed by atoms with Gasteiger partial charge in [-0.3, -0.25) is 4.79 Å². The molecule has 2 amide bonds. The highest BCUT2D eigenvalue weighted by Gasteiger charge is 2.34. The zero-order valence-corrected chi connectivity index (χ0v) is 13.8. The molecular weight excluding hydrogens is 304 g/mol. The van der Waals surface area contributed by atoms with E-state index in [0.717, 1.165) is 5.56 Å². The standard InChI is InChI=1S/C16H21ClN2O3/c1-16(2,3)22-15(21)18-9-10-19(14(17)20)13(11-18)12-7-5-4-6-8-12/h4-8,13H,9-11H2,1-3H3. The van der Waals surface area contributed by atoms with Crippen LogP contribution in [0.25, 0.3) is 0 Å². The maximum Gasteiger partial charge on any atom is 0.410 e. The first-order valence-corrected chi connectivity index (χ1v) is 7.65. The number of piperazine rings is 1. The average Bonchev–Trinajstić information content (AvgIpc) is 2.45. The largest absolute Gasteiger partial charge is 0.444 e. The Bertz CT molecular complexity index is 542. The lowest BCUT2D eigenvalue weighted by atomic mass is 10.0. The highest BCUT2D eigenvalue weighted by molar-refractivity contribution is 6.62. The molecule has 0 radical (unpaired) electrons. The van der Waals surface area contributed by atoms with Gasteiger partial charge in [0.25, 0.3) is 0 Å². The molecule has 1 heterocycles. The van der Waals surface area contributed by atoms with Gasteiger partial charge < -0.3 is 14.5 Å². The fourth-order valence-electron chi connectivity index (χ4n) is 2.45. The van der Waals surface area contributed by atoms with Gasteiger partial charge >= 0.3 is 11.5 Å². The van der Waals surface area contributed by atoms with Crippen molar-refractivity contribution in [2.75, 3.05) is 19.6 Å². The molecule has 5 nitrogen and oxygen atoms in total. The topological polar surface area (TPSA) is 49.9 Å². The van der Waals surface area contributed by atoms with Gasteiger partial charge in [-0.15, -0.1) is 0 Å². The number of benzene rings is 1. The van der Waals surface area contributed by atoms with Crippen LogP contribution in [0.4, 0.5) is 9.59 Å². The van der Waals surface area contributed by atoms with Crippen molar-refractivity contribution in [2.45, 2.75) is 32.4 Å². The molecule has 1 aromatic rings. The van der Waals surface area contributed by atoms with Crippen molar-refractivity contribution in [2.24, 2.45) is 0 Å². The van der Waals surface area contributed by atoms with Crippen LogP contribution in [0, 0.1) is 0 Å². The van der Waals surface area contributed by atoms with Crippen molar-refractivity contribution in [1.82, 2.24) is 9.80 Å². The third-order valence-corrected chi connectivity index (χ3v) is 3.66. The van der Waals surface area contributed by atoms with E-state index >= 15 is 0 Å². The van der Waals surface area contributed by atoms with Gasteiger partial charge in [0.05, 0.1) is 6.04 Å². The Morgan fingerprint density at radius 3 is 2.36 bits per heavy atom. The van der Waals surface area contributed by atoms with E-state index in [-0.39, 0.29) is 12.1 Å². The van der Waals surface area contributed by atoms with Crippen LogP contribution in [0.2, 0.25) is 0 Å². The van der Waals surface area contributed by atoms with E-state index in [1.807, 2.05) is 51.1 Å². The molecule has 1 aromatic carbocycles. The predicted octanol–water partition coefficient (Wildman–Crippen LogP) is 3.64. The van der Waals surface area contributed by atoms with E-state index in [2.05, 4.69) is 0 Å². The lowest BCUT2D eigenvalue weighted by Crippen LogP contribution is -2.52. The molecule has 22 heavy (non-hydrogen) atoms. The lowest BCUT2D eigenvalue weighted by Gasteiger charge is -2.40. The smallest absolute Gasteiger partial charge is 0.410 e. The summed E-state index contributed by atoms with van der Waals surface area (Å²) < 4.78 is 5.41. The van der Waals surface area contributed by atoms with Gasteiger partial charge in [-0.2, -0.15) is 0 Å². The van der Waals surface area contributed by atoms with Crippen LogP contribution in [0.15, 0.2) is 30.3 Å². The van der Waals surface area contributed by atoms with Gasteiger partial charge in [-0.25, -0.2) is 4.79 Å². The van der Waals surface area contributed by atoms with E-state index in [1.165, 1.54) is 0 Å². The number of nitrogens with zero attached hydrogens (tertiary/aromatic N) is 2. The average molecular weight is 325 g/mol. The summed E-state index contributed by atoms with van der Waals surface area (Å²) in [6, 6.07) is 9.31. The van der Waals surface area contributed by atoms with Gasteiger partial charge in [-0.05, 0) is 37.9 Å².